The minimum absolute atomic E-state index is 0.0574. The van der Waals surface area contributed by atoms with Gasteiger partial charge in [-0.2, -0.15) is 0 Å². The standard InChI is InChI=1S/C26H23N5O3S2/c1-16-6-4-7-17(12-16)28-23(33)15-36-26-30-20-10-3-2-9-19(20)24-29-21(25(34)31(24)26)13-22(32)27-14-18-8-5-11-35-18/h2-12,21H,13-15H2,1H3,(H,27,32)(H,28,33)/t21-/m0/s1. The number of rotatable bonds is 7. The van der Waals surface area contributed by atoms with Crippen LogP contribution in [0.3, 0.4) is 0 Å². The van der Waals surface area contributed by atoms with Gasteiger partial charge in [-0.1, -0.05) is 42.1 Å². The number of thioether (sulfide) groups is 1. The molecule has 0 spiro atoms. The van der Waals surface area contributed by atoms with E-state index >= 15 is 0 Å². The van der Waals surface area contributed by atoms with Crippen LogP contribution in [0.5, 0.6) is 0 Å². The first kappa shape index (κ1) is 24.0. The lowest BCUT2D eigenvalue weighted by atomic mass is 10.1. The van der Waals surface area contributed by atoms with Gasteiger partial charge in [0.15, 0.2) is 5.17 Å². The average molecular weight is 518 g/mol. The van der Waals surface area contributed by atoms with Crippen molar-refractivity contribution in [1.82, 2.24) is 10.2 Å². The van der Waals surface area contributed by atoms with Gasteiger partial charge in [-0.15, -0.1) is 11.3 Å². The molecule has 3 heterocycles. The van der Waals surface area contributed by atoms with E-state index in [1.54, 1.807) is 11.3 Å². The van der Waals surface area contributed by atoms with Crippen LogP contribution in [-0.4, -0.2) is 45.4 Å². The van der Waals surface area contributed by atoms with Gasteiger partial charge in [0.05, 0.1) is 24.4 Å². The molecule has 2 aliphatic rings. The molecule has 0 radical (unpaired) electrons. The van der Waals surface area contributed by atoms with Crippen molar-refractivity contribution in [3.05, 3.63) is 82.0 Å². The summed E-state index contributed by atoms with van der Waals surface area (Å²) in [5.74, 6) is -0.248. The maximum Gasteiger partial charge on any atom is 0.259 e. The second-order valence-electron chi connectivity index (χ2n) is 8.32. The topological polar surface area (TPSA) is 103 Å². The number of nitrogens with one attached hydrogen (secondary N) is 2. The first-order valence-corrected chi connectivity index (χ1v) is 13.2. The van der Waals surface area contributed by atoms with Crippen LogP contribution in [0.4, 0.5) is 11.4 Å². The van der Waals surface area contributed by atoms with E-state index in [0.717, 1.165) is 16.0 Å². The molecule has 3 aromatic rings. The Hall–Kier alpha value is -3.76. The second kappa shape index (κ2) is 10.5. The van der Waals surface area contributed by atoms with E-state index in [4.69, 9.17) is 0 Å². The summed E-state index contributed by atoms with van der Waals surface area (Å²) < 4.78 is 0. The number of hydrogen-bond acceptors (Lipinski definition) is 7. The minimum atomic E-state index is -0.846. The molecule has 0 aliphatic carbocycles. The number of carbonyl (C=O) groups excluding carboxylic acids is 3. The van der Waals surface area contributed by atoms with E-state index in [1.165, 1.54) is 16.7 Å². The molecule has 0 fully saturated rings. The first-order chi connectivity index (χ1) is 17.5. The summed E-state index contributed by atoms with van der Waals surface area (Å²) in [6.07, 6.45) is -0.0574. The Morgan fingerprint density at radius 2 is 1.94 bits per heavy atom. The van der Waals surface area contributed by atoms with Gasteiger partial charge in [-0.3, -0.25) is 19.4 Å². The molecule has 36 heavy (non-hydrogen) atoms. The van der Waals surface area contributed by atoms with Gasteiger partial charge < -0.3 is 10.6 Å². The quantitative estimate of drug-likeness (QED) is 0.493. The molecule has 0 bridgehead atoms. The molecule has 5 rings (SSSR count). The maximum absolute atomic E-state index is 13.3. The molecule has 1 atom stereocenters. The number of aliphatic imine (C=N–C) groups is 2. The predicted octanol–water partition coefficient (Wildman–Crippen LogP) is 4.09. The second-order valence-corrected chi connectivity index (χ2v) is 10.3. The van der Waals surface area contributed by atoms with Crippen LogP contribution in [0.15, 0.2) is 76.0 Å². The predicted molar refractivity (Wildman–Crippen MR) is 144 cm³/mol. The van der Waals surface area contributed by atoms with Crippen LogP contribution < -0.4 is 10.6 Å². The van der Waals surface area contributed by atoms with Crippen molar-refractivity contribution in [3.8, 4) is 0 Å². The van der Waals surface area contributed by atoms with E-state index in [-0.39, 0.29) is 29.9 Å². The number of hydrogen-bond donors (Lipinski definition) is 2. The number of amidine groups is 2. The number of thiophene rings is 1. The number of anilines is 1. The highest BCUT2D eigenvalue weighted by molar-refractivity contribution is 8.14. The Labute approximate surface area is 216 Å². The van der Waals surface area contributed by atoms with Crippen molar-refractivity contribution in [2.24, 2.45) is 9.98 Å². The van der Waals surface area contributed by atoms with E-state index in [9.17, 15) is 14.4 Å². The van der Waals surface area contributed by atoms with Crippen molar-refractivity contribution < 1.29 is 14.4 Å². The highest BCUT2D eigenvalue weighted by Crippen LogP contribution is 2.34. The fourth-order valence-electron chi connectivity index (χ4n) is 3.93. The number of nitrogens with zero attached hydrogens (tertiary/aromatic N) is 3. The van der Waals surface area contributed by atoms with Crippen molar-refractivity contribution in [2.45, 2.75) is 25.9 Å². The third-order valence-electron chi connectivity index (χ3n) is 5.60. The van der Waals surface area contributed by atoms with Gasteiger partial charge in [-0.05, 0) is 48.2 Å². The highest BCUT2D eigenvalue weighted by atomic mass is 32.2. The maximum atomic E-state index is 13.3. The molecule has 0 unspecified atom stereocenters. The Kier molecular flexibility index (Phi) is 6.97. The molecule has 8 nitrogen and oxygen atoms in total. The van der Waals surface area contributed by atoms with Crippen molar-refractivity contribution in [2.75, 3.05) is 11.1 Å². The Morgan fingerprint density at radius 3 is 2.75 bits per heavy atom. The zero-order valence-electron chi connectivity index (χ0n) is 19.4. The molecule has 2 N–H and O–H groups in total. The van der Waals surface area contributed by atoms with Crippen LogP contribution in [0.1, 0.15) is 22.4 Å². The fraction of sp³-hybridized carbons (Fsp3) is 0.192. The van der Waals surface area contributed by atoms with Gasteiger partial charge >= 0.3 is 0 Å². The summed E-state index contributed by atoms with van der Waals surface area (Å²) in [7, 11) is 0. The Balaban J connectivity index is 1.29. The molecule has 0 saturated heterocycles. The number of para-hydroxylation sites is 1. The summed E-state index contributed by atoms with van der Waals surface area (Å²) >= 11 is 2.72. The van der Waals surface area contributed by atoms with Gasteiger partial charge in [0.25, 0.3) is 5.91 Å². The van der Waals surface area contributed by atoms with Crippen molar-refractivity contribution in [3.63, 3.8) is 0 Å². The molecular formula is C26H23N5O3S2. The third-order valence-corrected chi connectivity index (χ3v) is 7.42. The third kappa shape index (κ3) is 5.24. The SMILES string of the molecule is Cc1cccc(NC(=O)CSC2=Nc3ccccc3C3=N[C@@H](CC(=O)NCc4cccs4)C(=O)N23)c1. The molecule has 0 saturated carbocycles. The molecule has 1 aromatic heterocycles. The largest absolute Gasteiger partial charge is 0.351 e. The zero-order chi connectivity index (χ0) is 25.1. The van der Waals surface area contributed by atoms with E-state index in [0.29, 0.717) is 28.9 Å². The lowest BCUT2D eigenvalue weighted by Gasteiger charge is -2.25. The molecular weight excluding hydrogens is 494 g/mol. The monoisotopic (exact) mass is 517 g/mol. The van der Waals surface area contributed by atoms with Gasteiger partial charge in [0.2, 0.25) is 11.8 Å². The Bertz CT molecular complexity index is 1380. The van der Waals surface area contributed by atoms with Crippen LogP contribution in [-0.2, 0) is 20.9 Å². The lowest BCUT2D eigenvalue weighted by Crippen LogP contribution is -2.42. The van der Waals surface area contributed by atoms with Crippen LogP contribution in [0, 0.1) is 6.92 Å². The number of carbonyl (C=O) groups is 3. The fourth-order valence-corrected chi connectivity index (χ4v) is 5.37. The molecule has 182 valence electrons. The van der Waals surface area contributed by atoms with E-state index in [1.807, 2.05) is 73.0 Å². The smallest absolute Gasteiger partial charge is 0.259 e. The van der Waals surface area contributed by atoms with Gasteiger partial charge in [0, 0.05) is 16.1 Å². The molecule has 2 aromatic carbocycles. The first-order valence-electron chi connectivity index (χ1n) is 11.4. The summed E-state index contributed by atoms with van der Waals surface area (Å²) in [5, 5.41) is 8.05. The van der Waals surface area contributed by atoms with Crippen molar-refractivity contribution in [1.29, 1.82) is 0 Å². The van der Waals surface area contributed by atoms with Gasteiger partial charge in [-0.25, -0.2) is 9.89 Å². The molecule has 10 heteroatoms. The Morgan fingerprint density at radius 1 is 1.08 bits per heavy atom. The summed E-state index contributed by atoms with van der Waals surface area (Å²) in [6.45, 7) is 2.37. The summed E-state index contributed by atoms with van der Waals surface area (Å²) in [6, 6.07) is 18.0. The van der Waals surface area contributed by atoms with Crippen LogP contribution in [0.25, 0.3) is 0 Å². The summed E-state index contributed by atoms with van der Waals surface area (Å²) in [4.78, 5) is 50.2. The number of benzene rings is 2. The zero-order valence-corrected chi connectivity index (χ0v) is 21.1. The molecule has 2 aliphatic heterocycles. The highest BCUT2D eigenvalue weighted by Gasteiger charge is 2.42. The number of aryl methyl sites for hydroxylation is 1. The number of fused-ring (bicyclic) bond motifs is 3. The molecule has 3 amide bonds. The van der Waals surface area contributed by atoms with Crippen LogP contribution in [0.2, 0.25) is 0 Å². The summed E-state index contributed by atoms with van der Waals surface area (Å²) in [5.41, 5.74) is 3.15. The lowest BCUT2D eigenvalue weighted by molar-refractivity contribution is -0.128. The van der Waals surface area contributed by atoms with E-state index in [2.05, 4.69) is 20.6 Å². The average Bonchev–Trinajstić information content (AvgIpc) is 3.50. The normalized spacial score (nSPS) is 16.1. The van der Waals surface area contributed by atoms with Crippen molar-refractivity contribution >= 4 is 63.2 Å². The number of amides is 3. The minimum Gasteiger partial charge on any atom is -0.351 e. The van der Waals surface area contributed by atoms with E-state index < -0.39 is 6.04 Å². The van der Waals surface area contributed by atoms with Crippen LogP contribution >= 0.6 is 23.1 Å². The van der Waals surface area contributed by atoms with Gasteiger partial charge in [0.1, 0.15) is 11.9 Å².